The molecule has 0 spiro atoms. The van der Waals surface area contributed by atoms with Crippen LogP contribution in [0.15, 0.2) is 16.8 Å². The highest BCUT2D eigenvalue weighted by Gasteiger charge is 2.10. The molecule has 3 rings (SSSR count). The van der Waals surface area contributed by atoms with E-state index in [0.29, 0.717) is 24.8 Å². The van der Waals surface area contributed by atoms with E-state index in [1.54, 1.807) is 11.6 Å². The first kappa shape index (κ1) is 13.5. The molecule has 8 nitrogen and oxygen atoms in total. The lowest BCUT2D eigenvalue weighted by Crippen LogP contribution is -2.08. The number of fused-ring (bicyclic) bond motifs is 1. The normalized spacial score (nSPS) is 11.2. The van der Waals surface area contributed by atoms with Gasteiger partial charge in [0.2, 0.25) is 5.89 Å². The number of nitrogens with zero attached hydrogens (tertiary/aromatic N) is 5. The molecule has 0 aliphatic rings. The molecule has 0 radical (unpaired) electrons. The number of rotatable bonds is 5. The van der Waals surface area contributed by atoms with E-state index in [2.05, 4.69) is 25.4 Å². The van der Waals surface area contributed by atoms with Crippen molar-refractivity contribution in [2.75, 3.05) is 12.4 Å². The lowest BCUT2D eigenvalue weighted by molar-refractivity contribution is 0.181. The number of ether oxygens (including phenoxy) is 1. The molecule has 3 heterocycles. The maximum absolute atomic E-state index is 5.55. The van der Waals surface area contributed by atoms with Gasteiger partial charge in [-0.2, -0.15) is 14.6 Å². The third kappa shape index (κ3) is 2.70. The Morgan fingerprint density at radius 3 is 2.90 bits per heavy atom. The van der Waals surface area contributed by atoms with Gasteiger partial charge in [0.05, 0.1) is 24.5 Å². The van der Waals surface area contributed by atoms with E-state index in [1.807, 2.05) is 19.9 Å². The highest BCUT2D eigenvalue weighted by Crippen LogP contribution is 2.14. The molecule has 0 atom stereocenters. The SMILES string of the molecule is COCc1cc(NCc2nc(C)c(C)o2)n2ncnc2n1. The van der Waals surface area contributed by atoms with Crippen molar-refractivity contribution in [1.82, 2.24) is 24.6 Å². The minimum absolute atomic E-state index is 0.412. The summed E-state index contributed by atoms with van der Waals surface area (Å²) in [5.74, 6) is 2.74. The van der Waals surface area contributed by atoms with Gasteiger partial charge in [-0.15, -0.1) is 0 Å². The Bertz CT molecular complexity index is 744. The zero-order valence-corrected chi connectivity index (χ0v) is 12.1. The van der Waals surface area contributed by atoms with Crippen molar-refractivity contribution in [3.8, 4) is 0 Å². The molecular formula is C13H16N6O2. The average Bonchev–Trinajstić information content (AvgIpc) is 3.04. The minimum Gasteiger partial charge on any atom is -0.444 e. The van der Waals surface area contributed by atoms with Gasteiger partial charge >= 0.3 is 0 Å². The van der Waals surface area contributed by atoms with Crippen LogP contribution in [0.25, 0.3) is 5.78 Å². The Morgan fingerprint density at radius 1 is 1.33 bits per heavy atom. The molecule has 1 N–H and O–H groups in total. The van der Waals surface area contributed by atoms with Crippen molar-refractivity contribution in [3.05, 3.63) is 35.4 Å². The summed E-state index contributed by atoms with van der Waals surface area (Å²) in [5.41, 5.74) is 1.67. The summed E-state index contributed by atoms with van der Waals surface area (Å²) in [5, 5.41) is 7.38. The molecule has 8 heteroatoms. The molecule has 3 aromatic rings. The standard InChI is InChI=1S/C13H16N6O2/c1-8-9(2)21-12(17-8)5-14-11-4-10(6-20-3)18-13-15-7-16-19(11)13/h4,7,14H,5-6H2,1-3H3. The fourth-order valence-electron chi connectivity index (χ4n) is 1.99. The maximum atomic E-state index is 5.55. The maximum Gasteiger partial charge on any atom is 0.254 e. The number of anilines is 1. The highest BCUT2D eigenvalue weighted by atomic mass is 16.5. The summed E-state index contributed by atoms with van der Waals surface area (Å²) in [6, 6.07) is 1.87. The largest absolute Gasteiger partial charge is 0.444 e. The topological polar surface area (TPSA) is 90.4 Å². The fraction of sp³-hybridized carbons (Fsp3) is 0.385. The summed E-state index contributed by atoms with van der Waals surface area (Å²) >= 11 is 0. The summed E-state index contributed by atoms with van der Waals surface area (Å²) in [7, 11) is 1.63. The molecule has 0 aromatic carbocycles. The number of oxazole rings is 1. The quantitative estimate of drug-likeness (QED) is 0.760. The predicted molar refractivity (Wildman–Crippen MR) is 74.8 cm³/mol. The fourth-order valence-corrected chi connectivity index (χ4v) is 1.99. The van der Waals surface area contributed by atoms with E-state index in [0.717, 1.165) is 23.0 Å². The van der Waals surface area contributed by atoms with E-state index in [1.165, 1.54) is 6.33 Å². The van der Waals surface area contributed by atoms with Crippen LogP contribution in [-0.4, -0.2) is 31.7 Å². The molecule has 0 amide bonds. The number of aromatic nitrogens is 5. The minimum atomic E-state index is 0.412. The lowest BCUT2D eigenvalue weighted by Gasteiger charge is -2.08. The van der Waals surface area contributed by atoms with Gasteiger partial charge in [-0.3, -0.25) is 0 Å². The van der Waals surface area contributed by atoms with Gasteiger partial charge in [-0.1, -0.05) is 0 Å². The highest BCUT2D eigenvalue weighted by molar-refractivity contribution is 5.44. The van der Waals surface area contributed by atoms with Crippen molar-refractivity contribution in [2.24, 2.45) is 0 Å². The molecule has 0 unspecified atom stereocenters. The monoisotopic (exact) mass is 288 g/mol. The molecule has 0 aliphatic heterocycles. The smallest absolute Gasteiger partial charge is 0.254 e. The van der Waals surface area contributed by atoms with Crippen molar-refractivity contribution in [1.29, 1.82) is 0 Å². The molecule has 110 valence electrons. The Hall–Kier alpha value is -2.48. The third-order valence-corrected chi connectivity index (χ3v) is 3.09. The zero-order chi connectivity index (χ0) is 14.8. The third-order valence-electron chi connectivity index (χ3n) is 3.09. The van der Waals surface area contributed by atoms with Gasteiger partial charge in [0.15, 0.2) is 0 Å². The van der Waals surface area contributed by atoms with E-state index < -0.39 is 0 Å². The van der Waals surface area contributed by atoms with Crippen LogP contribution in [0.3, 0.4) is 0 Å². The van der Waals surface area contributed by atoms with E-state index >= 15 is 0 Å². The molecule has 0 saturated heterocycles. The van der Waals surface area contributed by atoms with Crippen molar-refractivity contribution < 1.29 is 9.15 Å². The second-order valence-electron chi connectivity index (χ2n) is 4.64. The Balaban J connectivity index is 1.86. The molecule has 0 bridgehead atoms. The second-order valence-corrected chi connectivity index (χ2v) is 4.64. The van der Waals surface area contributed by atoms with Crippen LogP contribution in [0.2, 0.25) is 0 Å². The predicted octanol–water partition coefficient (Wildman–Crippen LogP) is 1.49. The van der Waals surface area contributed by atoms with Crippen LogP contribution in [0.5, 0.6) is 0 Å². The van der Waals surface area contributed by atoms with Gasteiger partial charge in [-0.25, -0.2) is 9.97 Å². The van der Waals surface area contributed by atoms with Crippen LogP contribution in [0.1, 0.15) is 23.0 Å². The first-order chi connectivity index (χ1) is 10.2. The van der Waals surface area contributed by atoms with Crippen LogP contribution in [0, 0.1) is 13.8 Å². The molecule has 0 aliphatic carbocycles. The molecule has 0 fully saturated rings. The van der Waals surface area contributed by atoms with Crippen LogP contribution in [0.4, 0.5) is 5.82 Å². The lowest BCUT2D eigenvalue weighted by atomic mass is 10.4. The Morgan fingerprint density at radius 2 is 2.19 bits per heavy atom. The van der Waals surface area contributed by atoms with Crippen LogP contribution >= 0.6 is 0 Å². The second kappa shape index (κ2) is 5.49. The van der Waals surface area contributed by atoms with E-state index in [9.17, 15) is 0 Å². The average molecular weight is 288 g/mol. The number of methoxy groups -OCH3 is 1. The van der Waals surface area contributed by atoms with Gasteiger partial charge in [0, 0.05) is 13.2 Å². The van der Waals surface area contributed by atoms with Crippen molar-refractivity contribution in [2.45, 2.75) is 27.0 Å². The number of hydrogen-bond donors (Lipinski definition) is 1. The zero-order valence-electron chi connectivity index (χ0n) is 12.1. The first-order valence-corrected chi connectivity index (χ1v) is 6.52. The van der Waals surface area contributed by atoms with Crippen LogP contribution in [-0.2, 0) is 17.9 Å². The summed E-state index contributed by atoms with van der Waals surface area (Å²) in [6.07, 6.45) is 1.46. The summed E-state index contributed by atoms with van der Waals surface area (Å²) < 4.78 is 12.3. The van der Waals surface area contributed by atoms with Gasteiger partial charge in [0.1, 0.15) is 17.9 Å². The molecule has 21 heavy (non-hydrogen) atoms. The summed E-state index contributed by atoms with van der Waals surface area (Å²) in [4.78, 5) is 12.8. The van der Waals surface area contributed by atoms with Gasteiger partial charge in [0.25, 0.3) is 5.78 Å². The van der Waals surface area contributed by atoms with E-state index in [-0.39, 0.29) is 0 Å². The van der Waals surface area contributed by atoms with Crippen LogP contribution < -0.4 is 5.32 Å². The van der Waals surface area contributed by atoms with Gasteiger partial charge < -0.3 is 14.5 Å². The molecule has 0 saturated carbocycles. The Kier molecular flexibility index (Phi) is 3.53. The first-order valence-electron chi connectivity index (χ1n) is 6.52. The molecular weight excluding hydrogens is 272 g/mol. The van der Waals surface area contributed by atoms with Gasteiger partial charge in [-0.05, 0) is 13.8 Å². The van der Waals surface area contributed by atoms with Crippen molar-refractivity contribution >= 4 is 11.6 Å². The summed E-state index contributed by atoms with van der Waals surface area (Å²) in [6.45, 7) is 4.68. The number of hydrogen-bond acceptors (Lipinski definition) is 7. The molecule has 3 aromatic heterocycles. The Labute approximate surface area is 121 Å². The van der Waals surface area contributed by atoms with E-state index in [4.69, 9.17) is 9.15 Å². The number of aryl methyl sites for hydroxylation is 2. The number of nitrogens with one attached hydrogen (secondary N) is 1. The van der Waals surface area contributed by atoms with Crippen molar-refractivity contribution in [3.63, 3.8) is 0 Å².